The predicted octanol–water partition coefficient (Wildman–Crippen LogP) is 2.74. The van der Waals surface area contributed by atoms with Crippen LogP contribution in [0.3, 0.4) is 0 Å². The van der Waals surface area contributed by atoms with Crippen LogP contribution in [0.15, 0.2) is 24.3 Å². The SMILES string of the molecule is CCNCC1CCCCN1CC(=O)Nc1ccccc1Cl. The molecule has 2 rings (SSSR count). The van der Waals surface area contributed by atoms with Crippen LogP contribution in [0, 0.1) is 0 Å². The number of hydrogen-bond donors (Lipinski definition) is 2. The first-order chi connectivity index (χ1) is 10.2. The third kappa shape index (κ3) is 4.99. The minimum Gasteiger partial charge on any atom is -0.324 e. The molecule has 5 heteroatoms. The van der Waals surface area contributed by atoms with Gasteiger partial charge in [-0.1, -0.05) is 37.1 Å². The van der Waals surface area contributed by atoms with E-state index in [-0.39, 0.29) is 5.91 Å². The number of carbonyl (C=O) groups is 1. The Labute approximate surface area is 131 Å². The van der Waals surface area contributed by atoms with Gasteiger partial charge in [-0.25, -0.2) is 0 Å². The summed E-state index contributed by atoms with van der Waals surface area (Å²) in [7, 11) is 0. The van der Waals surface area contributed by atoms with Crippen LogP contribution in [0.1, 0.15) is 26.2 Å². The van der Waals surface area contributed by atoms with Gasteiger partial charge in [0.1, 0.15) is 0 Å². The summed E-state index contributed by atoms with van der Waals surface area (Å²) in [4.78, 5) is 14.5. The van der Waals surface area contributed by atoms with E-state index in [1.54, 1.807) is 6.07 Å². The largest absolute Gasteiger partial charge is 0.324 e. The standard InChI is InChI=1S/C16H24ClN3O/c1-2-18-11-13-7-5-6-10-20(13)12-16(21)19-15-9-4-3-8-14(15)17/h3-4,8-9,13,18H,2,5-7,10-12H2,1H3,(H,19,21). The topological polar surface area (TPSA) is 44.4 Å². The van der Waals surface area contributed by atoms with Crippen molar-refractivity contribution in [3.63, 3.8) is 0 Å². The smallest absolute Gasteiger partial charge is 0.238 e. The van der Waals surface area contributed by atoms with Crippen LogP contribution in [-0.4, -0.2) is 43.0 Å². The van der Waals surface area contributed by atoms with Crippen molar-refractivity contribution in [2.24, 2.45) is 0 Å². The summed E-state index contributed by atoms with van der Waals surface area (Å²) in [6.45, 7) is 5.45. The van der Waals surface area contributed by atoms with E-state index in [0.29, 0.717) is 23.3 Å². The Bertz CT molecular complexity index is 467. The van der Waals surface area contributed by atoms with Gasteiger partial charge in [0.05, 0.1) is 17.3 Å². The highest BCUT2D eigenvalue weighted by Gasteiger charge is 2.23. The first-order valence-corrected chi connectivity index (χ1v) is 8.07. The molecule has 1 aliphatic heterocycles. The maximum absolute atomic E-state index is 12.2. The van der Waals surface area contributed by atoms with Crippen molar-refractivity contribution in [3.8, 4) is 0 Å². The molecule has 1 aromatic carbocycles. The number of rotatable bonds is 6. The molecule has 21 heavy (non-hydrogen) atoms. The molecule has 1 fully saturated rings. The number of para-hydroxylation sites is 1. The summed E-state index contributed by atoms with van der Waals surface area (Å²) >= 11 is 6.07. The van der Waals surface area contributed by atoms with E-state index in [9.17, 15) is 4.79 Å². The van der Waals surface area contributed by atoms with Crippen LogP contribution in [0.5, 0.6) is 0 Å². The molecule has 1 amide bonds. The van der Waals surface area contributed by atoms with Crippen LogP contribution < -0.4 is 10.6 Å². The number of carbonyl (C=O) groups excluding carboxylic acids is 1. The van der Waals surface area contributed by atoms with Crippen molar-refractivity contribution >= 4 is 23.2 Å². The zero-order valence-electron chi connectivity index (χ0n) is 12.6. The predicted molar refractivity (Wildman–Crippen MR) is 87.8 cm³/mol. The van der Waals surface area contributed by atoms with E-state index in [2.05, 4.69) is 22.5 Å². The molecule has 1 atom stereocenters. The number of amides is 1. The lowest BCUT2D eigenvalue weighted by atomic mass is 10.0. The van der Waals surface area contributed by atoms with E-state index in [4.69, 9.17) is 11.6 Å². The number of anilines is 1. The summed E-state index contributed by atoms with van der Waals surface area (Å²) in [5, 5.41) is 6.86. The molecule has 1 aliphatic rings. The minimum absolute atomic E-state index is 0.00602. The number of benzene rings is 1. The lowest BCUT2D eigenvalue weighted by Gasteiger charge is -2.35. The number of piperidine rings is 1. The van der Waals surface area contributed by atoms with Gasteiger partial charge < -0.3 is 10.6 Å². The molecule has 0 radical (unpaired) electrons. The number of nitrogens with zero attached hydrogens (tertiary/aromatic N) is 1. The maximum atomic E-state index is 12.2. The second kappa shape index (κ2) is 8.37. The van der Waals surface area contributed by atoms with Gasteiger partial charge in [-0.15, -0.1) is 0 Å². The average molecular weight is 310 g/mol. The van der Waals surface area contributed by atoms with Crippen molar-refractivity contribution < 1.29 is 4.79 Å². The minimum atomic E-state index is 0.00602. The fourth-order valence-corrected chi connectivity index (χ4v) is 2.93. The second-order valence-corrected chi connectivity index (χ2v) is 5.86. The molecular weight excluding hydrogens is 286 g/mol. The van der Waals surface area contributed by atoms with Crippen molar-refractivity contribution in [1.29, 1.82) is 0 Å². The first-order valence-electron chi connectivity index (χ1n) is 7.70. The Morgan fingerprint density at radius 2 is 2.19 bits per heavy atom. The van der Waals surface area contributed by atoms with E-state index >= 15 is 0 Å². The van der Waals surface area contributed by atoms with Crippen molar-refractivity contribution in [3.05, 3.63) is 29.3 Å². The van der Waals surface area contributed by atoms with Gasteiger partial charge in [0.15, 0.2) is 0 Å². The third-order valence-electron chi connectivity index (χ3n) is 3.87. The molecule has 1 aromatic rings. The zero-order valence-corrected chi connectivity index (χ0v) is 13.3. The van der Waals surface area contributed by atoms with E-state index in [1.807, 2.05) is 18.2 Å². The highest BCUT2D eigenvalue weighted by atomic mass is 35.5. The normalized spacial score (nSPS) is 19.4. The van der Waals surface area contributed by atoms with Gasteiger partial charge in [-0.3, -0.25) is 9.69 Å². The van der Waals surface area contributed by atoms with Crippen molar-refractivity contribution in [2.45, 2.75) is 32.2 Å². The number of likely N-dealkylation sites (tertiary alicyclic amines) is 1. The molecule has 0 aliphatic carbocycles. The summed E-state index contributed by atoms with van der Waals surface area (Å²) in [6.07, 6.45) is 3.58. The molecule has 1 saturated heterocycles. The maximum Gasteiger partial charge on any atom is 0.238 e. The Hall–Kier alpha value is -1.10. The van der Waals surface area contributed by atoms with E-state index in [1.165, 1.54) is 12.8 Å². The van der Waals surface area contributed by atoms with Gasteiger partial charge in [-0.05, 0) is 38.1 Å². The lowest BCUT2D eigenvalue weighted by Crippen LogP contribution is -2.48. The van der Waals surface area contributed by atoms with Crippen molar-refractivity contribution in [1.82, 2.24) is 10.2 Å². The average Bonchev–Trinajstić information content (AvgIpc) is 2.49. The molecule has 1 unspecified atom stereocenters. The molecule has 2 N–H and O–H groups in total. The van der Waals surface area contributed by atoms with Crippen LogP contribution in [-0.2, 0) is 4.79 Å². The molecule has 0 bridgehead atoms. The first kappa shape index (κ1) is 16.3. The van der Waals surface area contributed by atoms with E-state index in [0.717, 1.165) is 26.1 Å². The highest BCUT2D eigenvalue weighted by molar-refractivity contribution is 6.33. The molecule has 4 nitrogen and oxygen atoms in total. The van der Waals surface area contributed by atoms with Crippen LogP contribution in [0.25, 0.3) is 0 Å². The molecule has 116 valence electrons. The number of likely N-dealkylation sites (N-methyl/N-ethyl adjacent to an activating group) is 1. The quantitative estimate of drug-likeness (QED) is 0.849. The van der Waals surface area contributed by atoms with Crippen LogP contribution in [0.4, 0.5) is 5.69 Å². The highest BCUT2D eigenvalue weighted by Crippen LogP contribution is 2.21. The van der Waals surface area contributed by atoms with Crippen LogP contribution in [0.2, 0.25) is 5.02 Å². The van der Waals surface area contributed by atoms with E-state index < -0.39 is 0 Å². The van der Waals surface area contributed by atoms with Crippen LogP contribution >= 0.6 is 11.6 Å². The molecule has 0 spiro atoms. The summed E-state index contributed by atoms with van der Waals surface area (Å²) in [6, 6.07) is 7.79. The fraction of sp³-hybridized carbons (Fsp3) is 0.562. The zero-order chi connectivity index (χ0) is 15.1. The van der Waals surface area contributed by atoms with Gasteiger partial charge in [0, 0.05) is 12.6 Å². The number of hydrogen-bond acceptors (Lipinski definition) is 3. The Morgan fingerprint density at radius 3 is 2.95 bits per heavy atom. The summed E-state index contributed by atoms with van der Waals surface area (Å²) in [5.41, 5.74) is 0.685. The van der Waals surface area contributed by atoms with Gasteiger partial charge in [-0.2, -0.15) is 0 Å². The monoisotopic (exact) mass is 309 g/mol. The van der Waals surface area contributed by atoms with Gasteiger partial charge in [0.25, 0.3) is 0 Å². The Morgan fingerprint density at radius 1 is 1.38 bits per heavy atom. The number of nitrogens with one attached hydrogen (secondary N) is 2. The molecule has 0 saturated carbocycles. The van der Waals surface area contributed by atoms with Gasteiger partial charge >= 0.3 is 0 Å². The van der Waals surface area contributed by atoms with Gasteiger partial charge in [0.2, 0.25) is 5.91 Å². The molecule has 0 aromatic heterocycles. The fourth-order valence-electron chi connectivity index (χ4n) is 2.75. The molecular formula is C16H24ClN3O. The Balaban J connectivity index is 1.89. The summed E-state index contributed by atoms with van der Waals surface area (Å²) in [5.74, 6) is 0.00602. The lowest BCUT2D eigenvalue weighted by molar-refractivity contribution is -0.118. The third-order valence-corrected chi connectivity index (χ3v) is 4.20. The molecule has 1 heterocycles. The Kier molecular flexibility index (Phi) is 6.49. The second-order valence-electron chi connectivity index (χ2n) is 5.46. The number of halogens is 1. The summed E-state index contributed by atoms with van der Waals surface area (Å²) < 4.78 is 0. The van der Waals surface area contributed by atoms with Crippen molar-refractivity contribution in [2.75, 3.05) is 31.5 Å².